The normalized spacial score (nSPS) is 12.5. The maximum Gasteiger partial charge on any atom is 0.255 e. The number of amides is 1. The molecule has 0 saturated carbocycles. The molecule has 0 bridgehead atoms. The van der Waals surface area contributed by atoms with Crippen molar-refractivity contribution in [1.29, 1.82) is 0 Å². The van der Waals surface area contributed by atoms with Gasteiger partial charge in [0.25, 0.3) is 11.5 Å². The van der Waals surface area contributed by atoms with Crippen LogP contribution in [-0.4, -0.2) is 42.0 Å². The van der Waals surface area contributed by atoms with Crippen molar-refractivity contribution in [3.63, 3.8) is 0 Å². The van der Waals surface area contributed by atoms with E-state index in [0.29, 0.717) is 28.9 Å². The summed E-state index contributed by atoms with van der Waals surface area (Å²) in [5.74, 6) is -0.162. The Hall–Kier alpha value is -2.14. The molecule has 1 amide bonds. The van der Waals surface area contributed by atoms with Gasteiger partial charge in [0, 0.05) is 36.1 Å². The molecule has 1 unspecified atom stereocenters. The van der Waals surface area contributed by atoms with Gasteiger partial charge in [-0.3, -0.25) is 9.59 Å². The fraction of sp³-hybridized carbons (Fsp3) is 0.412. The van der Waals surface area contributed by atoms with Crippen LogP contribution in [0.3, 0.4) is 0 Å². The molecule has 1 atom stereocenters. The molecule has 5 heteroatoms. The number of likely N-dealkylation sites (N-methyl/N-ethyl adjacent to an activating group) is 1. The molecule has 0 aliphatic rings. The third kappa shape index (κ3) is 3.54. The van der Waals surface area contributed by atoms with Gasteiger partial charge in [0.15, 0.2) is 0 Å². The highest BCUT2D eigenvalue weighted by Crippen LogP contribution is 2.13. The zero-order valence-corrected chi connectivity index (χ0v) is 13.3. The number of rotatable bonds is 6. The molecule has 5 nitrogen and oxygen atoms in total. The predicted octanol–water partition coefficient (Wildman–Crippen LogP) is 1.99. The van der Waals surface area contributed by atoms with Crippen molar-refractivity contribution < 1.29 is 4.79 Å². The molecule has 118 valence electrons. The minimum Gasteiger partial charge on any atom is -0.351 e. The standard InChI is InChI=1S/C17H23N3O2/c1-4-12(2)20(3)10-9-18-17(22)15-11-19-16(21)14-8-6-5-7-13(14)15/h5-8,11-12H,4,9-10H2,1-3H3,(H,18,22)(H,19,21). The molecule has 0 spiro atoms. The van der Waals surface area contributed by atoms with Gasteiger partial charge in [0.05, 0.1) is 5.56 Å². The highest BCUT2D eigenvalue weighted by molar-refractivity contribution is 6.06. The summed E-state index contributed by atoms with van der Waals surface area (Å²) in [4.78, 5) is 28.9. The predicted molar refractivity (Wildman–Crippen MR) is 89.3 cm³/mol. The summed E-state index contributed by atoms with van der Waals surface area (Å²) in [6, 6.07) is 7.63. The minimum absolute atomic E-state index is 0.162. The fourth-order valence-electron chi connectivity index (χ4n) is 2.37. The smallest absolute Gasteiger partial charge is 0.255 e. The number of carbonyl (C=O) groups is 1. The molecule has 1 heterocycles. The van der Waals surface area contributed by atoms with E-state index < -0.39 is 0 Å². The van der Waals surface area contributed by atoms with Gasteiger partial charge in [-0.05, 0) is 26.5 Å². The molecule has 0 fully saturated rings. The zero-order valence-electron chi connectivity index (χ0n) is 13.3. The Labute approximate surface area is 130 Å². The lowest BCUT2D eigenvalue weighted by molar-refractivity contribution is 0.0948. The van der Waals surface area contributed by atoms with Gasteiger partial charge in [-0.2, -0.15) is 0 Å². The number of fused-ring (bicyclic) bond motifs is 1. The molecule has 22 heavy (non-hydrogen) atoms. The van der Waals surface area contributed by atoms with Gasteiger partial charge in [-0.1, -0.05) is 25.1 Å². The summed E-state index contributed by atoms with van der Waals surface area (Å²) >= 11 is 0. The van der Waals surface area contributed by atoms with Crippen molar-refractivity contribution in [1.82, 2.24) is 15.2 Å². The second-order valence-corrected chi connectivity index (χ2v) is 5.57. The summed E-state index contributed by atoms with van der Waals surface area (Å²) in [6.07, 6.45) is 2.56. The number of H-pyrrole nitrogens is 1. The number of nitrogens with one attached hydrogen (secondary N) is 2. The van der Waals surface area contributed by atoms with Crippen LogP contribution in [0.25, 0.3) is 10.8 Å². The van der Waals surface area contributed by atoms with Crippen LogP contribution < -0.4 is 10.9 Å². The Morgan fingerprint density at radius 3 is 2.68 bits per heavy atom. The number of nitrogens with zero attached hydrogens (tertiary/aromatic N) is 1. The summed E-state index contributed by atoms with van der Waals surface area (Å²) in [6.45, 7) is 5.68. The first-order valence-corrected chi connectivity index (χ1v) is 7.63. The number of hydrogen-bond donors (Lipinski definition) is 2. The van der Waals surface area contributed by atoms with E-state index >= 15 is 0 Å². The second kappa shape index (κ2) is 7.22. The molecule has 0 radical (unpaired) electrons. The lowest BCUT2D eigenvalue weighted by Crippen LogP contribution is -2.37. The highest BCUT2D eigenvalue weighted by atomic mass is 16.1. The topological polar surface area (TPSA) is 65.2 Å². The van der Waals surface area contributed by atoms with E-state index in [9.17, 15) is 9.59 Å². The van der Waals surface area contributed by atoms with Crippen molar-refractivity contribution in [3.05, 3.63) is 46.4 Å². The van der Waals surface area contributed by atoms with Crippen LogP contribution >= 0.6 is 0 Å². The lowest BCUT2D eigenvalue weighted by atomic mass is 10.1. The SMILES string of the molecule is CCC(C)N(C)CCNC(=O)c1c[nH]c(=O)c2ccccc12. The van der Waals surface area contributed by atoms with E-state index in [1.54, 1.807) is 18.2 Å². The van der Waals surface area contributed by atoms with Crippen LogP contribution in [0.5, 0.6) is 0 Å². The Morgan fingerprint density at radius 1 is 1.32 bits per heavy atom. The van der Waals surface area contributed by atoms with Crippen molar-refractivity contribution in [2.45, 2.75) is 26.3 Å². The van der Waals surface area contributed by atoms with Crippen LogP contribution in [-0.2, 0) is 0 Å². The van der Waals surface area contributed by atoms with Crippen molar-refractivity contribution in [3.8, 4) is 0 Å². The summed E-state index contributed by atoms with van der Waals surface area (Å²) in [7, 11) is 2.05. The highest BCUT2D eigenvalue weighted by Gasteiger charge is 2.12. The second-order valence-electron chi connectivity index (χ2n) is 5.57. The molecule has 0 saturated heterocycles. The first-order chi connectivity index (χ1) is 10.5. The van der Waals surface area contributed by atoms with Crippen LogP contribution in [0.2, 0.25) is 0 Å². The van der Waals surface area contributed by atoms with Crippen LogP contribution in [0.4, 0.5) is 0 Å². The molecule has 1 aromatic carbocycles. The molecular weight excluding hydrogens is 278 g/mol. The average molecular weight is 301 g/mol. The van der Waals surface area contributed by atoms with Gasteiger partial charge in [-0.15, -0.1) is 0 Å². The van der Waals surface area contributed by atoms with Gasteiger partial charge in [0.2, 0.25) is 0 Å². The Balaban J connectivity index is 2.08. The molecule has 1 aromatic heterocycles. The maximum atomic E-state index is 12.3. The Kier molecular flexibility index (Phi) is 5.33. The number of aromatic amines is 1. The zero-order chi connectivity index (χ0) is 16.1. The average Bonchev–Trinajstić information content (AvgIpc) is 2.54. The first-order valence-electron chi connectivity index (χ1n) is 7.63. The third-order valence-electron chi connectivity index (χ3n) is 4.15. The first kappa shape index (κ1) is 16.2. The molecule has 0 aliphatic carbocycles. The van der Waals surface area contributed by atoms with Crippen molar-refractivity contribution in [2.24, 2.45) is 0 Å². The monoisotopic (exact) mass is 301 g/mol. The number of aromatic nitrogens is 1. The number of benzene rings is 1. The molecule has 0 aliphatic heterocycles. The summed E-state index contributed by atoms with van der Waals surface area (Å²) in [5, 5.41) is 4.13. The van der Waals surface area contributed by atoms with Crippen molar-refractivity contribution >= 4 is 16.7 Å². The maximum absolute atomic E-state index is 12.3. The minimum atomic E-state index is -0.177. The number of pyridine rings is 1. The largest absolute Gasteiger partial charge is 0.351 e. The molecular formula is C17H23N3O2. The molecule has 2 rings (SSSR count). The number of hydrogen-bond acceptors (Lipinski definition) is 3. The van der Waals surface area contributed by atoms with E-state index in [0.717, 1.165) is 13.0 Å². The summed E-state index contributed by atoms with van der Waals surface area (Å²) < 4.78 is 0. The Bertz CT molecular complexity index is 708. The van der Waals surface area contributed by atoms with Crippen LogP contribution in [0, 0.1) is 0 Å². The van der Waals surface area contributed by atoms with Gasteiger partial charge >= 0.3 is 0 Å². The van der Waals surface area contributed by atoms with E-state index in [2.05, 4.69) is 36.1 Å². The summed E-state index contributed by atoms with van der Waals surface area (Å²) in [5.41, 5.74) is 0.324. The van der Waals surface area contributed by atoms with E-state index in [-0.39, 0.29) is 11.5 Å². The quantitative estimate of drug-likeness (QED) is 0.857. The van der Waals surface area contributed by atoms with Gasteiger partial charge in [0.1, 0.15) is 0 Å². The van der Waals surface area contributed by atoms with Gasteiger partial charge < -0.3 is 15.2 Å². The lowest BCUT2D eigenvalue weighted by Gasteiger charge is -2.23. The van der Waals surface area contributed by atoms with Crippen LogP contribution in [0.15, 0.2) is 35.3 Å². The fourth-order valence-corrected chi connectivity index (χ4v) is 2.37. The Morgan fingerprint density at radius 2 is 2.00 bits per heavy atom. The van der Waals surface area contributed by atoms with E-state index in [1.165, 1.54) is 6.20 Å². The van der Waals surface area contributed by atoms with E-state index in [1.807, 2.05) is 6.07 Å². The van der Waals surface area contributed by atoms with E-state index in [4.69, 9.17) is 0 Å². The van der Waals surface area contributed by atoms with Crippen molar-refractivity contribution in [2.75, 3.05) is 20.1 Å². The van der Waals surface area contributed by atoms with Crippen LogP contribution in [0.1, 0.15) is 30.6 Å². The molecule has 2 N–H and O–H groups in total. The van der Waals surface area contributed by atoms with Gasteiger partial charge in [-0.25, -0.2) is 0 Å². The third-order valence-corrected chi connectivity index (χ3v) is 4.15. The number of carbonyl (C=O) groups excluding carboxylic acids is 1. The molecule has 2 aromatic rings.